The van der Waals surface area contributed by atoms with Crippen LogP contribution in [0, 0.1) is 10.1 Å². The van der Waals surface area contributed by atoms with Crippen LogP contribution in [0.15, 0.2) is 30.5 Å². The Kier molecular flexibility index (Phi) is 3.92. The molecule has 0 aliphatic rings. The summed E-state index contributed by atoms with van der Waals surface area (Å²) in [7, 11) is 0. The van der Waals surface area contributed by atoms with Crippen molar-refractivity contribution in [3.8, 4) is 0 Å². The highest BCUT2D eigenvalue weighted by Crippen LogP contribution is 2.17. The third-order valence-corrected chi connectivity index (χ3v) is 1.71. The van der Waals surface area contributed by atoms with Crippen molar-refractivity contribution < 1.29 is 10.3 Å². The molecule has 0 radical (unpaired) electrons. The summed E-state index contributed by atoms with van der Waals surface area (Å²) in [5, 5.41) is 23.3. The molecular weight excluding hydrogens is 214 g/mol. The first-order valence-electron chi connectivity index (χ1n) is 4.15. The highest BCUT2D eigenvalue weighted by Gasteiger charge is 1.98. The molecule has 1 aromatic carbocycles. The summed E-state index contributed by atoms with van der Waals surface area (Å²) in [6.45, 7) is 0. The first-order valence-corrected chi connectivity index (χ1v) is 4.15. The van der Waals surface area contributed by atoms with Gasteiger partial charge in [0.05, 0.1) is 6.20 Å². The van der Waals surface area contributed by atoms with Crippen molar-refractivity contribution in [3.05, 3.63) is 40.6 Å². The molecule has 1 heterocycles. The molecule has 1 aromatic heterocycles. The maximum absolute atomic E-state index is 8.36. The van der Waals surface area contributed by atoms with Crippen molar-refractivity contribution >= 4 is 16.6 Å². The van der Waals surface area contributed by atoms with Crippen LogP contribution in [0.2, 0.25) is 0 Å². The van der Waals surface area contributed by atoms with E-state index in [4.69, 9.17) is 21.2 Å². The minimum atomic E-state index is -1.50. The lowest BCUT2D eigenvalue weighted by atomic mass is 10.2. The molecule has 0 aliphatic heterocycles. The third-order valence-electron chi connectivity index (χ3n) is 1.71. The molecule has 0 aliphatic carbocycles. The van der Waals surface area contributed by atoms with Crippen molar-refractivity contribution in [2.45, 2.75) is 0 Å². The van der Waals surface area contributed by atoms with Crippen LogP contribution in [-0.4, -0.2) is 20.5 Å². The number of benzene rings is 1. The molecule has 16 heavy (non-hydrogen) atoms. The van der Waals surface area contributed by atoms with E-state index in [1.54, 1.807) is 6.20 Å². The van der Waals surface area contributed by atoms with E-state index in [0.717, 1.165) is 10.8 Å². The second-order valence-electron chi connectivity index (χ2n) is 2.66. The van der Waals surface area contributed by atoms with Gasteiger partial charge in [-0.25, -0.2) is 5.84 Å². The van der Waals surface area contributed by atoms with Gasteiger partial charge in [-0.3, -0.25) is 0 Å². The summed E-state index contributed by atoms with van der Waals surface area (Å²) in [4.78, 5) is 8.36. The summed E-state index contributed by atoms with van der Waals surface area (Å²) in [6.07, 6.45) is 1.70. The summed E-state index contributed by atoms with van der Waals surface area (Å²) in [5.41, 5.74) is 2.50. The zero-order valence-corrected chi connectivity index (χ0v) is 8.07. The highest BCUT2D eigenvalue weighted by atomic mass is 16.9. The first-order chi connectivity index (χ1) is 7.65. The van der Waals surface area contributed by atoms with Crippen molar-refractivity contribution in [3.63, 3.8) is 0 Å². The lowest BCUT2D eigenvalue weighted by molar-refractivity contribution is -0.742. The average Bonchev–Trinajstić information content (AvgIpc) is 2.27. The number of nitrogens with one attached hydrogen (secondary N) is 1. The molecule has 0 amide bonds. The summed E-state index contributed by atoms with van der Waals surface area (Å²) < 4.78 is 0. The van der Waals surface area contributed by atoms with E-state index in [0.29, 0.717) is 5.82 Å². The molecule has 0 saturated carbocycles. The van der Waals surface area contributed by atoms with E-state index in [9.17, 15) is 0 Å². The molecule has 8 heteroatoms. The normalized spacial score (nSPS) is 9.06. The molecule has 0 fully saturated rings. The largest absolute Gasteiger partial charge is 0.328 e. The van der Waals surface area contributed by atoms with Gasteiger partial charge >= 0.3 is 0 Å². The van der Waals surface area contributed by atoms with E-state index >= 15 is 0 Å². The van der Waals surface area contributed by atoms with Gasteiger partial charge in [0, 0.05) is 10.8 Å². The van der Waals surface area contributed by atoms with Crippen LogP contribution in [0.5, 0.6) is 0 Å². The maximum atomic E-state index is 8.36. The van der Waals surface area contributed by atoms with E-state index in [2.05, 4.69) is 15.6 Å². The average molecular weight is 223 g/mol. The van der Waals surface area contributed by atoms with Gasteiger partial charge in [0.1, 0.15) is 0 Å². The zero-order valence-electron chi connectivity index (χ0n) is 8.07. The summed E-state index contributed by atoms with van der Waals surface area (Å²) in [6, 6.07) is 7.79. The van der Waals surface area contributed by atoms with E-state index in [1.807, 2.05) is 24.3 Å². The van der Waals surface area contributed by atoms with Crippen molar-refractivity contribution in [2.24, 2.45) is 5.84 Å². The molecule has 0 saturated heterocycles. The number of fused-ring (bicyclic) bond motifs is 1. The van der Waals surface area contributed by atoms with Crippen molar-refractivity contribution in [1.29, 1.82) is 0 Å². The predicted molar refractivity (Wildman–Crippen MR) is 56.1 cm³/mol. The van der Waals surface area contributed by atoms with Crippen LogP contribution in [0.25, 0.3) is 10.8 Å². The molecule has 8 nitrogen and oxygen atoms in total. The van der Waals surface area contributed by atoms with Gasteiger partial charge in [-0.1, -0.05) is 24.3 Å². The Hall–Kier alpha value is -2.48. The second kappa shape index (κ2) is 5.41. The van der Waals surface area contributed by atoms with Crippen LogP contribution in [0.4, 0.5) is 5.82 Å². The number of aromatic nitrogens is 2. The standard InChI is InChI=1S/C8H8N4.HNO3/c9-11-8-7-4-2-1-3-6(7)5-10-12-8;2-1(3)4/h1-5H,9H2,(H,11,12);(H,2,3,4). The Balaban J connectivity index is 0.000000280. The Morgan fingerprint density at radius 2 is 2.06 bits per heavy atom. The van der Waals surface area contributed by atoms with Gasteiger partial charge < -0.3 is 10.6 Å². The van der Waals surface area contributed by atoms with E-state index in [1.165, 1.54) is 0 Å². The fourth-order valence-electron chi connectivity index (χ4n) is 1.13. The number of hydrazine groups is 1. The van der Waals surface area contributed by atoms with E-state index < -0.39 is 5.09 Å². The van der Waals surface area contributed by atoms with Gasteiger partial charge in [-0.05, 0) is 0 Å². The molecule has 0 unspecified atom stereocenters. The number of hydrogen-bond acceptors (Lipinski definition) is 6. The number of nitrogens with zero attached hydrogens (tertiary/aromatic N) is 3. The number of nitrogen functional groups attached to an aromatic ring is 1. The molecular formula is C8H9N5O3. The molecule has 84 valence electrons. The Morgan fingerprint density at radius 3 is 2.69 bits per heavy atom. The number of hydrogen-bond donors (Lipinski definition) is 3. The van der Waals surface area contributed by atoms with Gasteiger partial charge in [0.25, 0.3) is 5.09 Å². The van der Waals surface area contributed by atoms with Gasteiger partial charge in [0.2, 0.25) is 0 Å². The maximum Gasteiger partial charge on any atom is 0.291 e. The minimum absolute atomic E-state index is 0.605. The number of anilines is 1. The summed E-state index contributed by atoms with van der Waals surface area (Å²) in [5.74, 6) is 5.87. The smallest absolute Gasteiger partial charge is 0.291 e. The summed E-state index contributed by atoms with van der Waals surface area (Å²) >= 11 is 0. The van der Waals surface area contributed by atoms with Crippen molar-refractivity contribution in [2.75, 3.05) is 5.43 Å². The Bertz CT molecular complexity index is 481. The molecule has 0 atom stereocenters. The lowest BCUT2D eigenvalue weighted by Gasteiger charge is -2.01. The van der Waals surface area contributed by atoms with Crippen LogP contribution in [0.1, 0.15) is 0 Å². The Labute approximate surface area is 89.8 Å². The van der Waals surface area contributed by atoms with Crippen LogP contribution in [0.3, 0.4) is 0 Å². The third kappa shape index (κ3) is 3.03. The number of nitrogens with two attached hydrogens (primary N) is 1. The first kappa shape index (κ1) is 11.6. The second-order valence-corrected chi connectivity index (χ2v) is 2.66. The van der Waals surface area contributed by atoms with Crippen LogP contribution >= 0.6 is 0 Å². The van der Waals surface area contributed by atoms with Crippen molar-refractivity contribution in [1.82, 2.24) is 10.2 Å². The SMILES string of the molecule is NNc1nncc2ccccc12.O=[N+]([O-])O. The Morgan fingerprint density at radius 1 is 1.44 bits per heavy atom. The minimum Gasteiger partial charge on any atom is -0.328 e. The van der Waals surface area contributed by atoms with Gasteiger partial charge in [-0.2, -0.15) is 5.10 Å². The topological polar surface area (TPSA) is 127 Å². The van der Waals surface area contributed by atoms with Gasteiger partial charge in [-0.15, -0.1) is 15.2 Å². The molecule has 2 rings (SSSR count). The van der Waals surface area contributed by atoms with Crippen LogP contribution < -0.4 is 11.3 Å². The molecule has 2 aromatic rings. The molecule has 0 spiro atoms. The molecule has 0 bridgehead atoms. The monoisotopic (exact) mass is 223 g/mol. The predicted octanol–water partition coefficient (Wildman–Crippen LogP) is 0.568. The fourth-order valence-corrected chi connectivity index (χ4v) is 1.13. The number of rotatable bonds is 1. The van der Waals surface area contributed by atoms with Gasteiger partial charge in [0.15, 0.2) is 5.82 Å². The quantitative estimate of drug-likeness (QED) is 0.366. The zero-order chi connectivity index (χ0) is 12.0. The lowest BCUT2D eigenvalue weighted by Crippen LogP contribution is -2.09. The highest BCUT2D eigenvalue weighted by molar-refractivity contribution is 5.90. The van der Waals surface area contributed by atoms with E-state index in [-0.39, 0.29) is 0 Å². The van der Waals surface area contributed by atoms with Crippen LogP contribution in [-0.2, 0) is 0 Å². The molecule has 4 N–H and O–H groups in total. The fraction of sp³-hybridized carbons (Fsp3) is 0.